The van der Waals surface area contributed by atoms with Crippen LogP contribution in [-0.2, 0) is 20.8 Å². The molecule has 2 aromatic heterocycles. The van der Waals surface area contributed by atoms with Gasteiger partial charge in [-0.2, -0.15) is 0 Å². The van der Waals surface area contributed by atoms with Crippen molar-refractivity contribution >= 4 is 58.5 Å². The molecule has 2 aromatic carbocycles. The summed E-state index contributed by atoms with van der Waals surface area (Å²) >= 11 is 1.34. The van der Waals surface area contributed by atoms with E-state index in [9.17, 15) is 41.9 Å². The van der Waals surface area contributed by atoms with E-state index < -0.39 is 47.8 Å². The first-order valence-corrected chi connectivity index (χ1v) is 20.3. The normalized spacial score (nSPS) is 15.4. The Morgan fingerprint density at radius 2 is 1.75 bits per heavy atom. The molecule has 4 aromatic rings. The van der Waals surface area contributed by atoms with E-state index in [1.165, 1.54) is 47.9 Å². The summed E-state index contributed by atoms with van der Waals surface area (Å²) < 4.78 is 42.3. The van der Waals surface area contributed by atoms with Gasteiger partial charge in [-0.1, -0.05) is 50.5 Å². The maximum atomic E-state index is 13.5. The number of rotatable bonds is 17. The van der Waals surface area contributed by atoms with Crippen molar-refractivity contribution in [2.75, 3.05) is 18.4 Å². The number of imide groups is 2. The minimum absolute atomic E-state index is 0.0120. The van der Waals surface area contributed by atoms with E-state index >= 15 is 0 Å². The monoisotopic (exact) mass is 844 g/mol. The van der Waals surface area contributed by atoms with Gasteiger partial charge in [0.25, 0.3) is 23.6 Å². The van der Waals surface area contributed by atoms with Gasteiger partial charge in [0.05, 0.1) is 21.7 Å². The summed E-state index contributed by atoms with van der Waals surface area (Å²) in [6, 6.07) is 14.3. The average Bonchev–Trinajstić information content (AvgIpc) is 3.70. The van der Waals surface area contributed by atoms with Crippen molar-refractivity contribution in [3.63, 3.8) is 0 Å². The van der Waals surface area contributed by atoms with Gasteiger partial charge in [-0.05, 0) is 86.2 Å². The van der Waals surface area contributed by atoms with Crippen LogP contribution in [0.15, 0.2) is 72.6 Å². The van der Waals surface area contributed by atoms with Gasteiger partial charge in [0.15, 0.2) is 0 Å². The second kappa shape index (κ2) is 19.1. The van der Waals surface area contributed by atoms with E-state index in [0.29, 0.717) is 53.3 Å². The molecule has 2 aliphatic rings. The van der Waals surface area contributed by atoms with Gasteiger partial charge >= 0.3 is 6.36 Å². The van der Waals surface area contributed by atoms with Crippen molar-refractivity contribution in [2.45, 2.75) is 77.6 Å². The van der Waals surface area contributed by atoms with Crippen LogP contribution < -0.4 is 26.0 Å². The number of thiophene rings is 1. The standard InChI is InChI=1S/C43H43F3N6O7S/c1-3-10-27-23-35(60-25(27)2)40(56)50-33(21-26-15-16-31(49-24-26)28-11-8-12-29(22-28)59-43(44,45)46)38(54)48-20-7-5-4-6-19-47-32-14-9-13-30-37(32)42(58)52(41(30)57)34-17-18-36(53)51-39(34)55/h8-9,11-16,21-24,34,47H,3-7,10,17-20H2,1-2H3,(H,48,54)(H,50,56)(H,51,53,55). The number of aryl methyl sites for hydroxylation is 2. The first-order valence-electron chi connectivity index (χ1n) is 19.5. The minimum atomic E-state index is -4.84. The number of amides is 6. The number of anilines is 1. The van der Waals surface area contributed by atoms with Crippen LogP contribution in [0.2, 0.25) is 0 Å². The average molecular weight is 845 g/mol. The summed E-state index contributed by atoms with van der Waals surface area (Å²) in [5, 5.41) is 11.0. The lowest BCUT2D eigenvalue weighted by Gasteiger charge is -2.27. The van der Waals surface area contributed by atoms with E-state index in [-0.39, 0.29) is 35.4 Å². The molecule has 1 atom stereocenters. The van der Waals surface area contributed by atoms with Gasteiger partial charge in [-0.25, -0.2) is 0 Å². The Hall–Kier alpha value is -6.36. The lowest BCUT2D eigenvalue weighted by Crippen LogP contribution is -2.54. The molecular formula is C43H43F3N6O7S. The zero-order valence-corrected chi connectivity index (χ0v) is 33.7. The summed E-state index contributed by atoms with van der Waals surface area (Å²) in [5.41, 5.74) is 3.14. The second-order valence-corrected chi connectivity index (χ2v) is 15.5. The van der Waals surface area contributed by atoms with Crippen LogP contribution in [0.5, 0.6) is 5.75 Å². The Morgan fingerprint density at radius 1 is 0.983 bits per heavy atom. The summed E-state index contributed by atoms with van der Waals surface area (Å²) in [5.74, 6) is -3.62. The number of carbonyl (C=O) groups is 6. The molecule has 0 saturated carbocycles. The van der Waals surface area contributed by atoms with Crippen LogP contribution in [0.4, 0.5) is 18.9 Å². The molecule has 1 fully saturated rings. The lowest BCUT2D eigenvalue weighted by molar-refractivity contribution is -0.274. The minimum Gasteiger partial charge on any atom is -0.406 e. The molecule has 60 heavy (non-hydrogen) atoms. The van der Waals surface area contributed by atoms with Crippen LogP contribution in [-0.4, -0.2) is 70.8 Å². The number of unbranched alkanes of at least 4 members (excludes halogenated alkanes) is 3. The topological polar surface area (TPSA) is 176 Å². The zero-order chi connectivity index (χ0) is 43.0. The largest absolute Gasteiger partial charge is 0.573 e. The first-order chi connectivity index (χ1) is 28.7. The molecule has 13 nitrogen and oxygen atoms in total. The third-order valence-corrected chi connectivity index (χ3v) is 11.0. The Morgan fingerprint density at radius 3 is 2.47 bits per heavy atom. The fraction of sp³-hybridized carbons (Fsp3) is 0.326. The molecule has 1 saturated heterocycles. The van der Waals surface area contributed by atoms with E-state index in [1.54, 1.807) is 30.3 Å². The van der Waals surface area contributed by atoms with Gasteiger partial charge in [-0.3, -0.25) is 44.0 Å². The SMILES string of the molecule is CCCc1cc(C(=O)NC(=Cc2ccc(-c3cccc(OC(F)(F)F)c3)nc2)C(=O)NCCCCCCNc2cccc3c2C(=O)N(C2CCC(=O)NC2=O)C3=O)sc1C. The number of carbonyl (C=O) groups excluding carboxylic acids is 6. The number of hydrogen-bond acceptors (Lipinski definition) is 10. The van der Waals surface area contributed by atoms with Gasteiger partial charge in [0.2, 0.25) is 11.8 Å². The summed E-state index contributed by atoms with van der Waals surface area (Å²) in [7, 11) is 0. The highest BCUT2D eigenvalue weighted by Gasteiger charge is 2.45. The molecule has 4 heterocycles. The lowest BCUT2D eigenvalue weighted by atomic mass is 10.0. The quantitative estimate of drug-likeness (QED) is 0.0499. The molecule has 0 radical (unpaired) electrons. The van der Waals surface area contributed by atoms with Gasteiger partial charge in [-0.15, -0.1) is 24.5 Å². The van der Waals surface area contributed by atoms with Crippen LogP contribution >= 0.6 is 11.3 Å². The predicted octanol–water partition coefficient (Wildman–Crippen LogP) is 6.93. The van der Waals surface area contributed by atoms with Crippen LogP contribution in [0.3, 0.4) is 0 Å². The zero-order valence-electron chi connectivity index (χ0n) is 32.9. The molecular weight excluding hydrogens is 802 g/mol. The van der Waals surface area contributed by atoms with Gasteiger partial charge < -0.3 is 20.7 Å². The number of aromatic nitrogens is 1. The molecule has 0 bridgehead atoms. The second-order valence-electron chi connectivity index (χ2n) is 14.3. The van der Waals surface area contributed by atoms with E-state index in [1.807, 2.05) is 13.0 Å². The van der Waals surface area contributed by atoms with Crippen molar-refractivity contribution in [1.29, 1.82) is 0 Å². The first kappa shape index (κ1) is 43.2. The maximum absolute atomic E-state index is 13.5. The molecule has 6 amide bonds. The van der Waals surface area contributed by atoms with Crippen LogP contribution in [0, 0.1) is 6.92 Å². The smallest absolute Gasteiger partial charge is 0.406 e. The van der Waals surface area contributed by atoms with Crippen molar-refractivity contribution in [2.24, 2.45) is 0 Å². The number of pyridine rings is 1. The van der Waals surface area contributed by atoms with Crippen LogP contribution in [0.25, 0.3) is 17.3 Å². The van der Waals surface area contributed by atoms with Crippen LogP contribution in [0.1, 0.15) is 98.3 Å². The predicted molar refractivity (Wildman–Crippen MR) is 218 cm³/mol. The van der Waals surface area contributed by atoms with Crippen molar-refractivity contribution in [3.05, 3.63) is 105 Å². The molecule has 1 unspecified atom stereocenters. The van der Waals surface area contributed by atoms with Gasteiger partial charge in [0.1, 0.15) is 17.5 Å². The number of nitrogens with zero attached hydrogens (tertiary/aromatic N) is 2. The van der Waals surface area contributed by atoms with E-state index in [2.05, 4.69) is 37.9 Å². The number of hydrogen-bond donors (Lipinski definition) is 4. The molecule has 0 spiro atoms. The number of ether oxygens (including phenoxy) is 1. The Balaban J connectivity index is 1.03. The third-order valence-electron chi connectivity index (χ3n) is 9.89. The van der Waals surface area contributed by atoms with Gasteiger partial charge in [0, 0.05) is 41.8 Å². The summed E-state index contributed by atoms with van der Waals surface area (Å²) in [4.78, 5) is 84.2. The maximum Gasteiger partial charge on any atom is 0.573 e. The number of piperidine rings is 1. The highest BCUT2D eigenvalue weighted by atomic mass is 32.1. The highest BCUT2D eigenvalue weighted by Crippen LogP contribution is 2.33. The number of fused-ring (bicyclic) bond motifs is 1. The van der Waals surface area contributed by atoms with Crippen molar-refractivity contribution in [3.8, 4) is 17.0 Å². The summed E-state index contributed by atoms with van der Waals surface area (Å²) in [6.45, 7) is 4.79. The number of benzene rings is 2. The molecule has 314 valence electrons. The highest BCUT2D eigenvalue weighted by molar-refractivity contribution is 7.14. The Bertz CT molecular complexity index is 2330. The number of nitrogens with one attached hydrogen (secondary N) is 4. The molecule has 4 N–H and O–H groups in total. The third kappa shape index (κ3) is 10.6. The summed E-state index contributed by atoms with van der Waals surface area (Å²) in [6.07, 6.45) is 2.77. The molecule has 0 aliphatic carbocycles. The molecule has 6 rings (SSSR count). The molecule has 17 heteroatoms. The van der Waals surface area contributed by atoms with Crippen molar-refractivity contribution < 1.29 is 46.7 Å². The van der Waals surface area contributed by atoms with E-state index in [0.717, 1.165) is 41.0 Å². The Labute approximate surface area is 347 Å². The van der Waals surface area contributed by atoms with Crippen molar-refractivity contribution in [1.82, 2.24) is 25.8 Å². The van der Waals surface area contributed by atoms with E-state index in [4.69, 9.17) is 0 Å². The number of alkyl halides is 3. The Kier molecular flexibility index (Phi) is 13.8. The number of halogens is 3. The fourth-order valence-electron chi connectivity index (χ4n) is 6.96. The fourth-order valence-corrected chi connectivity index (χ4v) is 7.93. The molecule has 2 aliphatic heterocycles.